The first-order chi connectivity index (χ1) is 27.4. The molecule has 0 amide bonds. The number of nitrogens with zero attached hydrogens (tertiary/aromatic N) is 2. The fourth-order valence-corrected chi connectivity index (χ4v) is 10.4. The topological polar surface area (TPSA) is 38.9 Å². The Kier molecular flexibility index (Phi) is 12.0. The van der Waals surface area contributed by atoms with Crippen molar-refractivity contribution in [3.8, 4) is 33.6 Å². The van der Waals surface area contributed by atoms with Gasteiger partial charge in [0.1, 0.15) is 11.4 Å². The van der Waals surface area contributed by atoms with E-state index in [1.807, 2.05) is 66.9 Å². The van der Waals surface area contributed by atoms with Crippen LogP contribution in [-0.2, 0) is 25.5 Å². The summed E-state index contributed by atoms with van der Waals surface area (Å²) >= 11 is 0. The Bertz CT molecular complexity index is 2700. The molecule has 3 nitrogen and oxygen atoms in total. The van der Waals surface area contributed by atoms with Gasteiger partial charge in [-0.15, -0.1) is 54.1 Å². The van der Waals surface area contributed by atoms with E-state index in [0.29, 0.717) is 28.4 Å². The van der Waals surface area contributed by atoms with Gasteiger partial charge in [0.15, 0.2) is 0 Å². The Labute approximate surface area is 357 Å². The summed E-state index contributed by atoms with van der Waals surface area (Å²) in [6, 6.07) is 42.8. The quantitative estimate of drug-likeness (QED) is 0.118. The predicted molar refractivity (Wildman–Crippen MR) is 239 cm³/mol. The Balaban J connectivity index is 0.000000217. The standard InChI is InChI=1S/C35H29FNO.C17H22NSi.Ir/c1-35(2,24-11-4-5-12-24)25-17-18-37-31(21-25)28-15-8-16-29-33-30(36)19-23(20-32(33)38-34(28)29)27-14-7-10-22-9-3-6-13-26(22)27;1-13(2)15-11-16(14-9-7-6-8-10-14)18-12-17(15)19(3,4)5;/h3,6-10,13-14,16-21,24H,4-5,11-12H2,1-2H3;6-9,11-13H,1-5H3;/q2*-1;. The molecule has 0 saturated heterocycles. The van der Waals surface area contributed by atoms with Gasteiger partial charge in [-0.05, 0) is 92.3 Å². The normalized spacial score (nSPS) is 13.5. The van der Waals surface area contributed by atoms with Gasteiger partial charge in [-0.2, -0.15) is 0 Å². The molecule has 5 aromatic carbocycles. The maximum absolute atomic E-state index is 15.7. The Morgan fingerprint density at radius 1 is 0.793 bits per heavy atom. The molecule has 8 aromatic rings. The molecule has 0 spiro atoms. The molecule has 3 heterocycles. The van der Waals surface area contributed by atoms with E-state index < -0.39 is 8.07 Å². The monoisotopic (exact) mass is 959 g/mol. The van der Waals surface area contributed by atoms with E-state index in [1.165, 1.54) is 42.0 Å². The molecule has 0 aliphatic heterocycles. The van der Waals surface area contributed by atoms with Crippen LogP contribution in [0.25, 0.3) is 66.4 Å². The average Bonchev–Trinajstić information content (AvgIpc) is 3.91. The van der Waals surface area contributed by atoms with Crippen LogP contribution < -0.4 is 5.19 Å². The van der Waals surface area contributed by atoms with Crippen LogP contribution in [0.2, 0.25) is 19.6 Å². The van der Waals surface area contributed by atoms with Crippen LogP contribution in [0.1, 0.15) is 70.4 Å². The van der Waals surface area contributed by atoms with Gasteiger partial charge in [0.25, 0.3) is 0 Å². The van der Waals surface area contributed by atoms with E-state index in [1.54, 1.807) is 6.07 Å². The second-order valence-corrected chi connectivity index (χ2v) is 22.6. The number of benzene rings is 5. The summed E-state index contributed by atoms with van der Waals surface area (Å²) in [5.74, 6) is 0.919. The third kappa shape index (κ3) is 8.12. The molecule has 0 atom stereocenters. The van der Waals surface area contributed by atoms with Gasteiger partial charge < -0.3 is 14.4 Å². The second-order valence-electron chi connectivity index (χ2n) is 17.5. The Hall–Kier alpha value is -4.74. The van der Waals surface area contributed by atoms with Crippen LogP contribution in [0.5, 0.6) is 0 Å². The zero-order valence-electron chi connectivity index (χ0n) is 34.5. The number of pyridine rings is 2. The van der Waals surface area contributed by atoms with Gasteiger partial charge in [0.2, 0.25) is 0 Å². The summed E-state index contributed by atoms with van der Waals surface area (Å²) in [5.41, 5.74) is 9.43. The SMILES string of the molecule is CC(C)(c1ccnc(-c2[c-]ccc3c2oc2cc(-c4cccc5ccccc45)cc(F)c23)c1)C1CCCC1.CC(C)c1cc(-c2[c-]cccc2)ncc1[Si](C)(C)C.[Ir]. The molecule has 58 heavy (non-hydrogen) atoms. The van der Waals surface area contributed by atoms with Crippen molar-refractivity contribution in [3.63, 3.8) is 0 Å². The summed E-state index contributed by atoms with van der Waals surface area (Å²) in [5, 5.41) is 4.94. The van der Waals surface area contributed by atoms with Crippen LogP contribution in [0.3, 0.4) is 0 Å². The summed E-state index contributed by atoms with van der Waals surface area (Å²) in [6.45, 7) is 16.4. The van der Waals surface area contributed by atoms with Gasteiger partial charge in [-0.3, -0.25) is 0 Å². The first-order valence-corrected chi connectivity index (χ1v) is 23.9. The largest absolute Gasteiger partial charge is 0.500 e. The van der Waals surface area contributed by atoms with E-state index in [9.17, 15) is 0 Å². The Morgan fingerprint density at radius 3 is 2.29 bits per heavy atom. The van der Waals surface area contributed by atoms with Crippen molar-refractivity contribution in [2.45, 2.75) is 84.4 Å². The molecule has 9 rings (SSSR count). The van der Waals surface area contributed by atoms with Gasteiger partial charge in [-0.25, -0.2) is 4.39 Å². The minimum absolute atomic E-state index is 0. The number of fused-ring (bicyclic) bond motifs is 4. The van der Waals surface area contributed by atoms with Crippen LogP contribution in [0.4, 0.5) is 4.39 Å². The zero-order valence-corrected chi connectivity index (χ0v) is 37.9. The molecular formula is C52H51FIrN2OSi-2. The third-order valence-electron chi connectivity index (χ3n) is 12.1. The average molecular weight is 959 g/mol. The molecule has 3 aromatic heterocycles. The van der Waals surface area contributed by atoms with Crippen molar-refractivity contribution in [1.29, 1.82) is 0 Å². The second kappa shape index (κ2) is 16.9. The molecule has 1 fully saturated rings. The van der Waals surface area contributed by atoms with Crippen LogP contribution in [-0.4, -0.2) is 18.0 Å². The van der Waals surface area contributed by atoms with Crippen molar-refractivity contribution < 1.29 is 28.9 Å². The minimum atomic E-state index is -1.34. The minimum Gasteiger partial charge on any atom is -0.500 e. The van der Waals surface area contributed by atoms with Crippen LogP contribution >= 0.6 is 0 Å². The smallest absolute Gasteiger partial charge is 0.133 e. The van der Waals surface area contributed by atoms with Gasteiger partial charge in [-0.1, -0.05) is 131 Å². The predicted octanol–water partition coefficient (Wildman–Crippen LogP) is 14.1. The maximum Gasteiger partial charge on any atom is 0.133 e. The number of aromatic nitrogens is 2. The molecule has 1 aliphatic carbocycles. The number of rotatable bonds is 7. The molecular weight excluding hydrogens is 908 g/mol. The molecule has 0 N–H and O–H groups in total. The van der Waals surface area contributed by atoms with E-state index in [-0.39, 0.29) is 31.3 Å². The molecule has 297 valence electrons. The van der Waals surface area contributed by atoms with Crippen LogP contribution in [0, 0.1) is 23.9 Å². The number of hydrogen-bond donors (Lipinski definition) is 0. The van der Waals surface area contributed by atoms with Crippen molar-refractivity contribution in [3.05, 3.63) is 151 Å². The van der Waals surface area contributed by atoms with Crippen molar-refractivity contribution in [1.82, 2.24) is 9.97 Å². The first kappa shape index (κ1) is 41.4. The number of furan rings is 1. The van der Waals surface area contributed by atoms with Crippen molar-refractivity contribution >= 4 is 46.0 Å². The maximum atomic E-state index is 15.7. The van der Waals surface area contributed by atoms with E-state index in [0.717, 1.165) is 49.8 Å². The number of hydrogen-bond acceptors (Lipinski definition) is 3. The van der Waals surface area contributed by atoms with Gasteiger partial charge >= 0.3 is 0 Å². The van der Waals surface area contributed by atoms with E-state index in [2.05, 4.69) is 113 Å². The molecule has 0 bridgehead atoms. The van der Waals surface area contributed by atoms with Gasteiger partial charge in [0, 0.05) is 37.9 Å². The molecule has 6 heteroatoms. The molecule has 1 radical (unpaired) electrons. The fraction of sp³-hybridized carbons (Fsp3) is 0.269. The molecule has 1 saturated carbocycles. The zero-order chi connectivity index (χ0) is 39.9. The summed E-state index contributed by atoms with van der Waals surface area (Å²) in [6.07, 6.45) is 9.14. The number of halogens is 1. The van der Waals surface area contributed by atoms with E-state index >= 15 is 4.39 Å². The summed E-state index contributed by atoms with van der Waals surface area (Å²) in [7, 11) is -1.34. The fourth-order valence-electron chi connectivity index (χ4n) is 8.77. The van der Waals surface area contributed by atoms with E-state index in [4.69, 9.17) is 9.40 Å². The van der Waals surface area contributed by atoms with Gasteiger partial charge in [0.05, 0.1) is 13.7 Å². The Morgan fingerprint density at radius 2 is 1.55 bits per heavy atom. The van der Waals surface area contributed by atoms with Crippen LogP contribution in [0.15, 0.2) is 126 Å². The molecule has 1 aliphatic rings. The summed E-state index contributed by atoms with van der Waals surface area (Å²) < 4.78 is 22.1. The summed E-state index contributed by atoms with van der Waals surface area (Å²) in [4.78, 5) is 9.37. The van der Waals surface area contributed by atoms with Crippen molar-refractivity contribution in [2.75, 3.05) is 0 Å². The third-order valence-corrected chi connectivity index (χ3v) is 14.1. The van der Waals surface area contributed by atoms with Crippen molar-refractivity contribution in [2.24, 2.45) is 5.92 Å². The molecule has 0 unspecified atom stereocenters. The first-order valence-electron chi connectivity index (χ1n) is 20.4.